The van der Waals surface area contributed by atoms with E-state index in [9.17, 15) is 29.4 Å². The highest BCUT2D eigenvalue weighted by atomic mass is 28.4. The normalized spacial score (nSPS) is 12.5. The van der Waals surface area contributed by atoms with Crippen LogP contribution in [0.25, 0.3) is 0 Å². The Bertz CT molecular complexity index is 2380. The molecule has 4 aromatic rings. The summed E-state index contributed by atoms with van der Waals surface area (Å²) in [5.74, 6) is 0.311. The van der Waals surface area contributed by atoms with Gasteiger partial charge in [0.1, 0.15) is 35.8 Å². The Balaban J connectivity index is 1.35. The molecule has 0 amide bonds. The molecule has 2 aromatic heterocycles. The molecule has 2 N–H and O–H groups in total. The number of rotatable bonds is 18. The SMILES string of the molecule is C=C(COc1ccc(N=Cc2c(O)n(C(C)C)c(=O)n(C(C)C)c2=O)cc1)[Si](C)(C)O[Si](C)(C)C(=C)COc1ccc(N=Cc2c(O)n(C(C)C)c(=O)n(C(C)C)c2=O)cc1. The molecule has 0 aliphatic rings. The summed E-state index contributed by atoms with van der Waals surface area (Å²) in [6.07, 6.45) is 2.55. The van der Waals surface area contributed by atoms with Gasteiger partial charge >= 0.3 is 11.4 Å². The summed E-state index contributed by atoms with van der Waals surface area (Å²) >= 11 is 0. The molecule has 61 heavy (non-hydrogen) atoms. The van der Waals surface area contributed by atoms with Gasteiger partial charge in [0.2, 0.25) is 28.4 Å². The standard InChI is InChI=1S/C44H60N6O9Si2/c1-27(2)47-39(51)37(40(52)48(28(3)4)43(47)55)23-45-33-15-19-35(20-16-33)57-25-31(9)60(11,12)59-61(13,14)32(10)26-58-36-21-17-34(18-22-36)46-24-38-41(53)49(29(5)6)44(56)50(30(7)8)42(38)54/h15-24,27-30,51,53H,9-10,25-26H2,1-8,11-14H3. The average Bonchev–Trinajstić information content (AvgIpc) is 3.15. The molecule has 2 heterocycles. The predicted molar refractivity (Wildman–Crippen MR) is 248 cm³/mol. The first-order chi connectivity index (χ1) is 28.4. The fourth-order valence-corrected chi connectivity index (χ4v) is 13.5. The van der Waals surface area contributed by atoms with E-state index >= 15 is 0 Å². The molecule has 0 unspecified atom stereocenters. The van der Waals surface area contributed by atoms with Crippen LogP contribution in [0.15, 0.2) is 101 Å². The Labute approximate surface area is 358 Å². The third-order valence-corrected chi connectivity index (χ3v) is 17.9. The summed E-state index contributed by atoms with van der Waals surface area (Å²) in [4.78, 5) is 60.8. The first-order valence-electron chi connectivity index (χ1n) is 20.2. The van der Waals surface area contributed by atoms with E-state index in [0.29, 0.717) is 22.9 Å². The van der Waals surface area contributed by atoms with Crippen molar-refractivity contribution in [3.63, 3.8) is 0 Å². The first-order valence-corrected chi connectivity index (χ1v) is 26.0. The van der Waals surface area contributed by atoms with Crippen LogP contribution < -0.4 is 32.0 Å². The lowest BCUT2D eigenvalue weighted by atomic mass is 10.2. The van der Waals surface area contributed by atoms with Gasteiger partial charge in [0.15, 0.2) is 0 Å². The minimum atomic E-state index is -2.50. The van der Waals surface area contributed by atoms with Gasteiger partial charge in [0, 0.05) is 36.6 Å². The molecule has 0 aliphatic heterocycles. The van der Waals surface area contributed by atoms with Gasteiger partial charge < -0.3 is 23.8 Å². The number of aromatic nitrogens is 4. The Morgan fingerprint density at radius 2 is 0.869 bits per heavy atom. The molecular weight excluding hydrogens is 813 g/mol. The van der Waals surface area contributed by atoms with Crippen molar-refractivity contribution in [1.29, 1.82) is 0 Å². The van der Waals surface area contributed by atoms with Crippen LogP contribution in [0.2, 0.25) is 26.2 Å². The lowest BCUT2D eigenvalue weighted by Gasteiger charge is -2.36. The van der Waals surface area contributed by atoms with Crippen molar-refractivity contribution < 1.29 is 23.8 Å². The molecule has 0 atom stereocenters. The van der Waals surface area contributed by atoms with E-state index in [1.807, 2.05) is 0 Å². The van der Waals surface area contributed by atoms with Crippen molar-refractivity contribution in [3.05, 3.63) is 125 Å². The van der Waals surface area contributed by atoms with E-state index in [-0.39, 0.29) is 36.4 Å². The molecular formula is C44H60N6O9Si2. The number of ether oxygens (including phenoxy) is 2. The summed E-state index contributed by atoms with van der Waals surface area (Å²) in [7, 11) is -5.00. The quantitative estimate of drug-likeness (QED) is 0.0750. The minimum Gasteiger partial charge on any atom is -0.494 e. The topological polar surface area (TPSA) is 181 Å². The van der Waals surface area contributed by atoms with Crippen LogP contribution >= 0.6 is 0 Å². The summed E-state index contributed by atoms with van der Waals surface area (Å²) in [6, 6.07) is 12.3. The van der Waals surface area contributed by atoms with Gasteiger partial charge in [-0.15, -0.1) is 0 Å². The third kappa shape index (κ3) is 10.9. The van der Waals surface area contributed by atoms with Gasteiger partial charge in [-0.05, 0) is 141 Å². The largest absolute Gasteiger partial charge is 0.494 e. The van der Waals surface area contributed by atoms with E-state index < -0.39 is 63.0 Å². The summed E-state index contributed by atoms with van der Waals surface area (Å²) in [5, 5.41) is 23.3. The van der Waals surface area contributed by atoms with Crippen LogP contribution in [0.5, 0.6) is 23.3 Å². The molecule has 0 fully saturated rings. The molecule has 0 aliphatic carbocycles. The van der Waals surface area contributed by atoms with Crippen molar-refractivity contribution in [2.24, 2.45) is 9.98 Å². The molecule has 0 saturated carbocycles. The van der Waals surface area contributed by atoms with Crippen molar-refractivity contribution in [2.45, 2.75) is 106 Å². The maximum Gasteiger partial charge on any atom is 0.334 e. The highest BCUT2D eigenvalue weighted by molar-refractivity contribution is 6.91. The zero-order valence-electron chi connectivity index (χ0n) is 37.3. The van der Waals surface area contributed by atoms with Gasteiger partial charge in [-0.2, -0.15) is 0 Å². The van der Waals surface area contributed by atoms with E-state index in [2.05, 4.69) is 49.3 Å². The molecule has 0 saturated heterocycles. The Morgan fingerprint density at radius 1 is 0.574 bits per heavy atom. The monoisotopic (exact) mass is 872 g/mol. The maximum absolute atomic E-state index is 13.1. The van der Waals surface area contributed by atoms with Crippen molar-refractivity contribution >= 4 is 40.4 Å². The van der Waals surface area contributed by atoms with Gasteiger partial charge in [-0.1, -0.05) is 13.2 Å². The number of hydrogen-bond donors (Lipinski definition) is 2. The maximum atomic E-state index is 13.1. The molecule has 4 rings (SSSR count). The molecule has 15 nitrogen and oxygen atoms in total. The van der Waals surface area contributed by atoms with Crippen LogP contribution in [0.1, 0.15) is 90.7 Å². The first kappa shape index (κ1) is 47.9. The number of nitrogens with zero attached hydrogens (tertiary/aromatic N) is 6. The van der Waals surface area contributed by atoms with E-state index in [1.54, 1.807) is 104 Å². The Kier molecular flexibility index (Phi) is 15.1. The number of aliphatic imine (C=N–C) groups is 2. The van der Waals surface area contributed by atoms with E-state index in [1.165, 1.54) is 21.6 Å². The van der Waals surface area contributed by atoms with Crippen molar-refractivity contribution in [3.8, 4) is 23.3 Å². The second-order valence-corrected chi connectivity index (χ2v) is 25.2. The van der Waals surface area contributed by atoms with Gasteiger partial charge in [-0.25, -0.2) is 9.59 Å². The highest BCUT2D eigenvalue weighted by Gasteiger charge is 2.37. The van der Waals surface area contributed by atoms with Crippen LogP contribution in [-0.4, -0.2) is 70.8 Å². The summed E-state index contributed by atoms with van der Waals surface area (Å²) in [5.41, 5.74) is -1.49. The summed E-state index contributed by atoms with van der Waals surface area (Å²) in [6.45, 7) is 31.3. The number of hydrogen-bond acceptors (Lipinski definition) is 11. The second-order valence-electron chi connectivity index (χ2n) is 16.9. The summed E-state index contributed by atoms with van der Waals surface area (Å²) < 4.78 is 23.5. The zero-order chi connectivity index (χ0) is 45.7. The van der Waals surface area contributed by atoms with Crippen molar-refractivity contribution in [2.75, 3.05) is 13.2 Å². The fraction of sp³-hybridized carbons (Fsp3) is 0.409. The lowest BCUT2D eigenvalue weighted by Crippen LogP contribution is -2.49. The lowest BCUT2D eigenvalue weighted by molar-refractivity contribution is 0.351. The van der Waals surface area contributed by atoms with Crippen molar-refractivity contribution in [1.82, 2.24) is 18.3 Å². The van der Waals surface area contributed by atoms with Crippen LogP contribution in [0.4, 0.5) is 11.4 Å². The number of aromatic hydroxyl groups is 2. The number of benzene rings is 2. The molecule has 0 spiro atoms. The van der Waals surface area contributed by atoms with Gasteiger partial charge in [-0.3, -0.25) is 37.8 Å². The molecule has 2 aromatic carbocycles. The Morgan fingerprint density at radius 3 is 1.15 bits per heavy atom. The molecule has 0 radical (unpaired) electrons. The molecule has 17 heteroatoms. The average molecular weight is 873 g/mol. The van der Waals surface area contributed by atoms with Gasteiger partial charge in [0.25, 0.3) is 11.1 Å². The highest BCUT2D eigenvalue weighted by Crippen LogP contribution is 2.28. The van der Waals surface area contributed by atoms with E-state index in [0.717, 1.165) is 19.5 Å². The van der Waals surface area contributed by atoms with Crippen LogP contribution in [0.3, 0.4) is 0 Å². The van der Waals surface area contributed by atoms with Gasteiger partial charge in [0.05, 0.1) is 11.4 Å². The van der Waals surface area contributed by atoms with E-state index in [4.69, 9.17) is 13.6 Å². The van der Waals surface area contributed by atoms with Crippen LogP contribution in [-0.2, 0) is 4.12 Å². The molecule has 328 valence electrons. The Hall–Kier alpha value is -5.79. The second kappa shape index (κ2) is 19.3. The minimum absolute atomic E-state index is 0.0724. The third-order valence-electron chi connectivity index (χ3n) is 10.1. The smallest absolute Gasteiger partial charge is 0.334 e. The fourth-order valence-electron chi connectivity index (χ4n) is 6.37. The molecule has 0 bridgehead atoms. The zero-order valence-corrected chi connectivity index (χ0v) is 39.3. The predicted octanol–water partition coefficient (Wildman–Crippen LogP) is 7.64. The van der Waals surface area contributed by atoms with Crippen LogP contribution in [0, 0.1) is 0 Å².